The van der Waals surface area contributed by atoms with Gasteiger partial charge < -0.3 is 0 Å². The van der Waals surface area contributed by atoms with Crippen LogP contribution in [0.2, 0.25) is 0 Å². The Bertz CT molecular complexity index is 677. The lowest BCUT2D eigenvalue weighted by Gasteiger charge is -2.13. The average molecular weight is 327 g/mol. The van der Waals surface area contributed by atoms with E-state index in [9.17, 15) is 8.42 Å². The molecule has 2 nitrogen and oxygen atoms in total. The summed E-state index contributed by atoms with van der Waals surface area (Å²) < 4.78 is 22.8. The van der Waals surface area contributed by atoms with Gasteiger partial charge >= 0.3 is 0 Å². The number of hydrogen-bond donors (Lipinski definition) is 0. The summed E-state index contributed by atoms with van der Waals surface area (Å²) in [6, 6.07) is 12.1. The van der Waals surface area contributed by atoms with E-state index in [-0.39, 0.29) is 10.6 Å². The van der Waals surface area contributed by atoms with Gasteiger partial charge in [-0.15, -0.1) is 0 Å². The molecule has 1 atom stereocenters. The van der Waals surface area contributed by atoms with Crippen LogP contribution < -0.4 is 0 Å². The fourth-order valence-corrected chi connectivity index (χ4v) is 4.65. The maximum Gasteiger partial charge on any atom is 0.148 e. The standard InChI is InChI=1S/C14H15BrO2S/c1-10-7-8-13(14(15)9-18(2,16)17)12-6-4-3-5-11(10)12/h3-8,14H,9H2,1-2H3. The van der Waals surface area contributed by atoms with Crippen molar-refractivity contribution in [3.63, 3.8) is 0 Å². The molecule has 4 heteroatoms. The van der Waals surface area contributed by atoms with Gasteiger partial charge in [0.25, 0.3) is 0 Å². The van der Waals surface area contributed by atoms with E-state index in [1.54, 1.807) is 0 Å². The molecule has 2 aromatic rings. The minimum atomic E-state index is -3.00. The third-order valence-corrected chi connectivity index (χ3v) is 5.15. The number of halogens is 1. The molecule has 2 aromatic carbocycles. The van der Waals surface area contributed by atoms with Crippen molar-refractivity contribution in [3.05, 3.63) is 47.5 Å². The van der Waals surface area contributed by atoms with Gasteiger partial charge in [0.2, 0.25) is 0 Å². The van der Waals surface area contributed by atoms with Crippen LogP contribution in [0.25, 0.3) is 10.8 Å². The lowest BCUT2D eigenvalue weighted by atomic mass is 9.99. The minimum absolute atomic E-state index is 0.111. The Morgan fingerprint density at radius 3 is 2.33 bits per heavy atom. The summed E-state index contributed by atoms with van der Waals surface area (Å²) in [5, 5.41) is 2.29. The number of benzene rings is 2. The van der Waals surface area contributed by atoms with Crippen LogP contribution >= 0.6 is 15.9 Å². The fraction of sp³-hybridized carbons (Fsp3) is 0.286. The van der Waals surface area contributed by atoms with Crippen LogP contribution in [0, 0.1) is 6.92 Å². The summed E-state index contributed by atoms with van der Waals surface area (Å²) >= 11 is 3.49. The average Bonchev–Trinajstić information content (AvgIpc) is 2.27. The van der Waals surface area contributed by atoms with Crippen LogP contribution in [-0.4, -0.2) is 20.4 Å². The minimum Gasteiger partial charge on any atom is -0.229 e. The molecule has 0 spiro atoms. The summed E-state index contributed by atoms with van der Waals surface area (Å²) in [5.41, 5.74) is 2.23. The van der Waals surface area contributed by atoms with Crippen LogP contribution in [0.3, 0.4) is 0 Å². The number of sulfone groups is 1. The summed E-state index contributed by atoms with van der Waals surface area (Å²) in [4.78, 5) is -0.169. The van der Waals surface area contributed by atoms with Gasteiger partial charge in [0.15, 0.2) is 0 Å². The van der Waals surface area contributed by atoms with E-state index in [1.165, 1.54) is 17.2 Å². The van der Waals surface area contributed by atoms with Crippen LogP contribution in [0.1, 0.15) is 16.0 Å². The number of hydrogen-bond acceptors (Lipinski definition) is 2. The predicted octanol–water partition coefficient (Wildman–Crippen LogP) is 3.63. The van der Waals surface area contributed by atoms with E-state index < -0.39 is 9.84 Å². The molecule has 2 rings (SSSR count). The highest BCUT2D eigenvalue weighted by Gasteiger charge is 2.16. The first kappa shape index (κ1) is 13.6. The lowest BCUT2D eigenvalue weighted by Crippen LogP contribution is -2.09. The number of rotatable bonds is 3. The molecule has 0 radical (unpaired) electrons. The maximum absolute atomic E-state index is 11.4. The third-order valence-electron chi connectivity index (χ3n) is 2.96. The lowest BCUT2D eigenvalue weighted by molar-refractivity contribution is 0.601. The van der Waals surface area contributed by atoms with Gasteiger partial charge in [-0.25, -0.2) is 8.42 Å². The van der Waals surface area contributed by atoms with Crippen molar-refractivity contribution in [2.45, 2.75) is 11.8 Å². The Labute approximate surface area is 116 Å². The largest absolute Gasteiger partial charge is 0.229 e. The molecule has 0 aliphatic carbocycles. The van der Waals surface area contributed by atoms with Crippen LogP contribution in [0.4, 0.5) is 0 Å². The quantitative estimate of drug-likeness (QED) is 0.807. The van der Waals surface area contributed by atoms with E-state index in [4.69, 9.17) is 0 Å². The zero-order valence-electron chi connectivity index (χ0n) is 10.4. The molecule has 0 heterocycles. The van der Waals surface area contributed by atoms with Crippen molar-refractivity contribution in [1.82, 2.24) is 0 Å². The van der Waals surface area contributed by atoms with Crippen LogP contribution in [0.15, 0.2) is 36.4 Å². The summed E-state index contributed by atoms with van der Waals surface area (Å²) in [6.45, 7) is 2.06. The van der Waals surface area contributed by atoms with Crippen molar-refractivity contribution in [2.75, 3.05) is 12.0 Å². The molecule has 0 amide bonds. The topological polar surface area (TPSA) is 34.1 Å². The Kier molecular flexibility index (Phi) is 3.78. The Hall–Kier alpha value is -0.870. The molecule has 0 aromatic heterocycles. The van der Waals surface area contributed by atoms with Gasteiger partial charge in [-0.05, 0) is 28.8 Å². The SMILES string of the molecule is Cc1ccc(C(Br)CS(C)(=O)=O)c2ccccc12. The predicted molar refractivity (Wildman–Crippen MR) is 80.1 cm³/mol. The van der Waals surface area contributed by atoms with Crippen molar-refractivity contribution in [3.8, 4) is 0 Å². The van der Waals surface area contributed by atoms with Crippen LogP contribution in [0.5, 0.6) is 0 Å². The second-order valence-electron chi connectivity index (χ2n) is 4.58. The fourth-order valence-electron chi connectivity index (χ4n) is 2.10. The second kappa shape index (κ2) is 5.02. The molecule has 0 saturated heterocycles. The zero-order valence-corrected chi connectivity index (χ0v) is 12.8. The highest BCUT2D eigenvalue weighted by Crippen LogP contribution is 2.32. The molecule has 0 bridgehead atoms. The molecule has 0 aliphatic rings. The highest BCUT2D eigenvalue weighted by atomic mass is 79.9. The van der Waals surface area contributed by atoms with Gasteiger partial charge in [0, 0.05) is 6.26 Å². The molecule has 0 N–H and O–H groups in total. The summed E-state index contributed by atoms with van der Waals surface area (Å²) in [5.74, 6) is 0.111. The van der Waals surface area contributed by atoms with Crippen molar-refractivity contribution in [2.24, 2.45) is 0 Å². The van der Waals surface area contributed by atoms with Crippen molar-refractivity contribution < 1.29 is 8.42 Å². The van der Waals surface area contributed by atoms with Gasteiger partial charge in [0.05, 0.1) is 10.6 Å². The number of fused-ring (bicyclic) bond motifs is 1. The molecule has 0 aliphatic heterocycles. The molecule has 1 unspecified atom stereocenters. The van der Waals surface area contributed by atoms with E-state index in [2.05, 4.69) is 28.9 Å². The monoisotopic (exact) mass is 326 g/mol. The molecule has 0 fully saturated rings. The molecular weight excluding hydrogens is 312 g/mol. The van der Waals surface area contributed by atoms with E-state index in [0.29, 0.717) is 0 Å². The molecule has 96 valence electrons. The first-order chi connectivity index (χ1) is 8.38. The summed E-state index contributed by atoms with van der Waals surface area (Å²) in [6.07, 6.45) is 1.26. The van der Waals surface area contributed by atoms with Crippen LogP contribution in [-0.2, 0) is 9.84 Å². The van der Waals surface area contributed by atoms with Gasteiger partial charge in [-0.1, -0.05) is 52.3 Å². The van der Waals surface area contributed by atoms with Gasteiger partial charge in [-0.3, -0.25) is 0 Å². The number of aryl methyl sites for hydroxylation is 1. The Morgan fingerprint density at radius 1 is 1.11 bits per heavy atom. The normalized spacial score (nSPS) is 13.7. The van der Waals surface area contributed by atoms with Crippen molar-refractivity contribution >= 4 is 36.5 Å². The molecule has 18 heavy (non-hydrogen) atoms. The Balaban J connectivity index is 2.55. The van der Waals surface area contributed by atoms with E-state index >= 15 is 0 Å². The van der Waals surface area contributed by atoms with Gasteiger partial charge in [0.1, 0.15) is 9.84 Å². The third kappa shape index (κ3) is 2.93. The first-order valence-corrected chi connectivity index (χ1v) is 8.66. The zero-order chi connectivity index (χ0) is 13.3. The maximum atomic E-state index is 11.4. The smallest absolute Gasteiger partial charge is 0.148 e. The van der Waals surface area contributed by atoms with E-state index in [1.807, 2.05) is 30.3 Å². The highest BCUT2D eigenvalue weighted by molar-refractivity contribution is 9.09. The molecule has 0 saturated carbocycles. The molecular formula is C14H15BrO2S. The van der Waals surface area contributed by atoms with Gasteiger partial charge in [-0.2, -0.15) is 0 Å². The summed E-state index contributed by atoms with van der Waals surface area (Å²) in [7, 11) is -3.00. The Morgan fingerprint density at radius 2 is 1.72 bits per heavy atom. The number of alkyl halides is 1. The first-order valence-electron chi connectivity index (χ1n) is 5.68. The van der Waals surface area contributed by atoms with Crippen molar-refractivity contribution in [1.29, 1.82) is 0 Å². The van der Waals surface area contributed by atoms with E-state index in [0.717, 1.165) is 10.9 Å². The second-order valence-corrected chi connectivity index (χ2v) is 7.87.